The van der Waals surface area contributed by atoms with Gasteiger partial charge in [0.25, 0.3) is 0 Å². The van der Waals surface area contributed by atoms with Gasteiger partial charge in [0, 0.05) is 19.0 Å². The number of carbonyl (C=O) groups is 3. The third kappa shape index (κ3) is 12.3. The van der Waals surface area contributed by atoms with Crippen molar-refractivity contribution in [3.8, 4) is 0 Å². The molecule has 2 aromatic rings. The highest BCUT2D eigenvalue weighted by molar-refractivity contribution is 5.90. The Morgan fingerprint density at radius 3 is 2.40 bits per heavy atom. The fourth-order valence-corrected chi connectivity index (χ4v) is 3.76. The molecule has 0 unspecified atom stereocenters. The molecule has 0 bridgehead atoms. The molecule has 1 aromatic carbocycles. The number of esters is 1. The summed E-state index contributed by atoms with van der Waals surface area (Å²) in [5, 5.41) is 11.6. The van der Waals surface area contributed by atoms with Crippen LogP contribution in [0.4, 0.5) is 5.69 Å². The van der Waals surface area contributed by atoms with Crippen molar-refractivity contribution in [3.63, 3.8) is 0 Å². The predicted octanol–water partition coefficient (Wildman–Crippen LogP) is 4.91. The number of Topliss-reactive ketones (excluding diaryl/α,β-unsaturated/α-hetero) is 1. The van der Waals surface area contributed by atoms with E-state index in [1.54, 1.807) is 12.4 Å². The number of ketones is 1. The van der Waals surface area contributed by atoms with E-state index in [4.69, 9.17) is 9.84 Å². The predicted molar refractivity (Wildman–Crippen MR) is 138 cm³/mol. The lowest BCUT2D eigenvalue weighted by atomic mass is 9.93. The normalized spacial score (nSPS) is 11.3. The van der Waals surface area contributed by atoms with Gasteiger partial charge in [0.15, 0.2) is 5.78 Å². The number of pyridine rings is 1. The fourth-order valence-electron chi connectivity index (χ4n) is 3.76. The van der Waals surface area contributed by atoms with Crippen LogP contribution in [0.15, 0.2) is 48.8 Å². The molecular weight excluding hydrogens is 444 g/mol. The molecule has 1 amide bonds. The lowest BCUT2D eigenvalue weighted by Gasteiger charge is -2.16. The van der Waals surface area contributed by atoms with Gasteiger partial charge in [-0.3, -0.25) is 19.4 Å². The Balaban J connectivity index is 0.00000612. The second kappa shape index (κ2) is 17.4. The van der Waals surface area contributed by atoms with Gasteiger partial charge in [-0.1, -0.05) is 50.6 Å². The van der Waals surface area contributed by atoms with Crippen LogP contribution >= 0.6 is 0 Å². The zero-order valence-electron chi connectivity index (χ0n) is 20.0. The smallest absolute Gasteiger partial charge is 0.309 e. The Labute approximate surface area is 209 Å². The summed E-state index contributed by atoms with van der Waals surface area (Å²) in [7, 11) is 0. The van der Waals surface area contributed by atoms with E-state index in [-0.39, 0.29) is 31.0 Å². The van der Waals surface area contributed by atoms with Crippen LogP contribution in [-0.2, 0) is 32.0 Å². The number of aryl methyl sites for hydroxylation is 1. The molecule has 7 heteroatoms. The van der Waals surface area contributed by atoms with Crippen molar-refractivity contribution in [3.05, 3.63) is 59.9 Å². The molecule has 7 nitrogen and oxygen atoms in total. The molecule has 0 aliphatic heterocycles. The summed E-state index contributed by atoms with van der Waals surface area (Å²) < 4.78 is 5.28. The second-order valence-corrected chi connectivity index (χ2v) is 8.42. The summed E-state index contributed by atoms with van der Waals surface area (Å²) in [5.41, 5.74) is 2.69. The molecule has 1 aromatic heterocycles. The van der Waals surface area contributed by atoms with Gasteiger partial charge >= 0.3 is 5.97 Å². The molecule has 0 saturated carbocycles. The van der Waals surface area contributed by atoms with Crippen molar-refractivity contribution in [1.82, 2.24) is 4.98 Å². The summed E-state index contributed by atoms with van der Waals surface area (Å²) in [6, 6.07) is 11.8. The van der Waals surface area contributed by atoms with Crippen LogP contribution in [0.25, 0.3) is 0 Å². The quantitative estimate of drug-likeness (QED) is 0.259. The Kier molecular flexibility index (Phi) is 14.9. The van der Waals surface area contributed by atoms with Crippen molar-refractivity contribution in [1.29, 1.82) is 0 Å². The van der Waals surface area contributed by atoms with Crippen LogP contribution in [0, 0.1) is 5.92 Å². The molecule has 2 N–H and O–H groups in total. The zero-order chi connectivity index (χ0) is 24.6. The molecule has 35 heavy (non-hydrogen) atoms. The van der Waals surface area contributed by atoms with Crippen LogP contribution in [0.5, 0.6) is 0 Å². The maximum Gasteiger partial charge on any atom is 0.309 e. The van der Waals surface area contributed by atoms with E-state index in [0.29, 0.717) is 44.4 Å². The van der Waals surface area contributed by atoms with Gasteiger partial charge < -0.3 is 15.2 Å². The molecule has 0 fully saturated rings. The number of ether oxygens (including phenoxy) is 1. The SMILES string of the molecule is C.CCOC(=O)[C@@H](CCc1cncc(NC(=O)CCCCCCC(=O)CO)c1)Cc1ccccc1. The van der Waals surface area contributed by atoms with Crippen molar-refractivity contribution in [2.75, 3.05) is 18.5 Å². The van der Waals surface area contributed by atoms with Gasteiger partial charge in [-0.05, 0) is 56.2 Å². The van der Waals surface area contributed by atoms with Gasteiger partial charge in [0.1, 0.15) is 6.61 Å². The van der Waals surface area contributed by atoms with E-state index in [1.807, 2.05) is 43.3 Å². The number of nitrogens with one attached hydrogen (secondary N) is 1. The van der Waals surface area contributed by atoms with E-state index in [0.717, 1.165) is 36.8 Å². The van der Waals surface area contributed by atoms with Crippen LogP contribution in [0.2, 0.25) is 0 Å². The number of hydrogen-bond acceptors (Lipinski definition) is 6. The Hall–Kier alpha value is -3.06. The minimum Gasteiger partial charge on any atom is -0.466 e. The third-order valence-electron chi connectivity index (χ3n) is 5.59. The first kappa shape index (κ1) is 30.0. The minimum absolute atomic E-state index is 0. The first-order valence-electron chi connectivity index (χ1n) is 12.1. The van der Waals surface area contributed by atoms with E-state index in [1.165, 1.54) is 0 Å². The third-order valence-corrected chi connectivity index (χ3v) is 5.59. The van der Waals surface area contributed by atoms with E-state index < -0.39 is 6.61 Å². The topological polar surface area (TPSA) is 106 Å². The molecule has 0 spiro atoms. The number of amides is 1. The van der Waals surface area contributed by atoms with Gasteiger partial charge in [-0.15, -0.1) is 0 Å². The highest BCUT2D eigenvalue weighted by Crippen LogP contribution is 2.19. The van der Waals surface area contributed by atoms with Crippen LogP contribution in [-0.4, -0.2) is 41.0 Å². The number of aliphatic hydroxyl groups excluding tert-OH is 1. The molecule has 192 valence electrons. The zero-order valence-corrected chi connectivity index (χ0v) is 20.0. The summed E-state index contributed by atoms with van der Waals surface area (Å²) in [6.45, 7) is 1.77. The highest BCUT2D eigenvalue weighted by Gasteiger charge is 2.20. The molecular formula is C28H40N2O5. The monoisotopic (exact) mass is 484 g/mol. The van der Waals surface area contributed by atoms with Crippen molar-refractivity contribution < 1.29 is 24.2 Å². The summed E-state index contributed by atoms with van der Waals surface area (Å²) >= 11 is 0. The van der Waals surface area contributed by atoms with Crippen molar-refractivity contribution in [2.24, 2.45) is 5.92 Å². The lowest BCUT2D eigenvalue weighted by molar-refractivity contribution is -0.148. The standard InChI is InChI=1S/C27H36N2O5.CH4/c1-2-34-27(33)23(16-21-10-6-5-7-11-21)15-14-22-17-24(19-28-18-22)29-26(32)13-9-4-3-8-12-25(31)20-30;/h5-7,10-11,17-19,23,30H,2-4,8-9,12-16,20H2,1H3,(H,29,32);1H4/t23-;/m0./s1. The van der Waals surface area contributed by atoms with Gasteiger partial charge in [0.2, 0.25) is 5.91 Å². The number of nitrogens with zero attached hydrogens (tertiary/aromatic N) is 1. The number of benzene rings is 1. The van der Waals surface area contributed by atoms with Crippen LogP contribution < -0.4 is 5.32 Å². The number of rotatable bonds is 16. The molecule has 2 rings (SSSR count). The number of hydrogen-bond donors (Lipinski definition) is 2. The number of carbonyl (C=O) groups excluding carboxylic acids is 3. The number of unbranched alkanes of at least 4 members (excludes halogenated alkanes) is 3. The first-order chi connectivity index (χ1) is 16.5. The van der Waals surface area contributed by atoms with Crippen LogP contribution in [0.1, 0.15) is 70.4 Å². The number of aliphatic hydroxyl groups is 1. The van der Waals surface area contributed by atoms with Crippen LogP contribution in [0.3, 0.4) is 0 Å². The van der Waals surface area contributed by atoms with Crippen molar-refractivity contribution in [2.45, 2.75) is 72.1 Å². The van der Waals surface area contributed by atoms with Gasteiger partial charge in [-0.25, -0.2) is 0 Å². The second-order valence-electron chi connectivity index (χ2n) is 8.42. The molecule has 0 saturated heterocycles. The number of aromatic nitrogens is 1. The Morgan fingerprint density at radius 2 is 1.71 bits per heavy atom. The average Bonchev–Trinajstić information content (AvgIpc) is 2.84. The summed E-state index contributed by atoms with van der Waals surface area (Å²) in [4.78, 5) is 40.0. The number of anilines is 1. The molecule has 0 aliphatic carbocycles. The van der Waals surface area contributed by atoms with E-state index >= 15 is 0 Å². The largest absolute Gasteiger partial charge is 0.466 e. The first-order valence-corrected chi connectivity index (χ1v) is 12.1. The van der Waals surface area contributed by atoms with Gasteiger partial charge in [-0.2, -0.15) is 0 Å². The molecule has 0 aliphatic rings. The Bertz CT molecular complexity index is 901. The molecule has 1 heterocycles. The Morgan fingerprint density at radius 1 is 1.00 bits per heavy atom. The average molecular weight is 485 g/mol. The summed E-state index contributed by atoms with van der Waals surface area (Å²) in [5.74, 6) is -0.643. The maximum atomic E-state index is 12.5. The van der Waals surface area contributed by atoms with Crippen molar-refractivity contribution >= 4 is 23.3 Å². The molecule has 1 atom stereocenters. The molecule has 0 radical (unpaired) electrons. The highest BCUT2D eigenvalue weighted by atomic mass is 16.5. The van der Waals surface area contributed by atoms with E-state index in [9.17, 15) is 14.4 Å². The summed E-state index contributed by atoms with van der Waals surface area (Å²) in [6.07, 6.45) is 9.29. The maximum absolute atomic E-state index is 12.5. The van der Waals surface area contributed by atoms with Gasteiger partial charge in [0.05, 0.1) is 24.4 Å². The lowest BCUT2D eigenvalue weighted by Crippen LogP contribution is -2.21. The fraction of sp³-hybridized carbons (Fsp3) is 0.500. The van der Waals surface area contributed by atoms with E-state index in [2.05, 4.69) is 10.3 Å². The minimum atomic E-state index is -0.397.